The third-order valence-corrected chi connectivity index (χ3v) is 6.56. The number of carbonyl (C=O) groups excluding carboxylic acids is 1. The first-order chi connectivity index (χ1) is 14.5. The van der Waals surface area contributed by atoms with Crippen LogP contribution in [0.2, 0.25) is 0 Å². The molecule has 2 aromatic carbocycles. The van der Waals surface area contributed by atoms with Crippen molar-refractivity contribution < 1.29 is 22.7 Å². The molecule has 0 bridgehead atoms. The molecule has 4 nitrogen and oxygen atoms in total. The van der Waals surface area contributed by atoms with Crippen molar-refractivity contribution in [1.29, 1.82) is 0 Å². The van der Waals surface area contributed by atoms with E-state index < -0.39 is 11.6 Å². The van der Waals surface area contributed by atoms with Crippen molar-refractivity contribution in [3.05, 3.63) is 64.3 Å². The van der Waals surface area contributed by atoms with E-state index in [1.54, 1.807) is 18.2 Å². The second-order valence-electron chi connectivity index (χ2n) is 7.36. The lowest BCUT2D eigenvalue weighted by atomic mass is 10.1. The Morgan fingerprint density at radius 2 is 2.03 bits per heavy atom. The predicted octanol–water partition coefficient (Wildman–Crippen LogP) is 4.72. The zero-order chi connectivity index (χ0) is 21.3. The third-order valence-electron chi connectivity index (χ3n) is 5.36. The molecule has 1 atom stereocenters. The van der Waals surface area contributed by atoms with Gasteiger partial charge >= 0.3 is 0 Å². The van der Waals surface area contributed by atoms with Gasteiger partial charge in [0.2, 0.25) is 0 Å². The summed E-state index contributed by atoms with van der Waals surface area (Å²) in [6, 6.07) is 8.66. The molecule has 1 amide bonds. The molecular weight excluding hydrogens is 413 g/mol. The molecule has 158 valence electrons. The Morgan fingerprint density at radius 1 is 1.20 bits per heavy atom. The Bertz CT molecular complexity index is 1090. The summed E-state index contributed by atoms with van der Waals surface area (Å²) < 4.78 is 46.8. The summed E-state index contributed by atoms with van der Waals surface area (Å²) in [4.78, 5) is 15.3. The first-order valence-corrected chi connectivity index (χ1v) is 10.5. The zero-order valence-corrected chi connectivity index (χ0v) is 17.2. The van der Waals surface area contributed by atoms with Gasteiger partial charge in [0.15, 0.2) is 11.6 Å². The van der Waals surface area contributed by atoms with E-state index in [-0.39, 0.29) is 24.2 Å². The van der Waals surface area contributed by atoms with E-state index in [0.717, 1.165) is 12.5 Å². The number of nitrogens with zero attached hydrogens (tertiary/aromatic N) is 1. The quantitative estimate of drug-likeness (QED) is 0.610. The zero-order valence-electron chi connectivity index (χ0n) is 16.4. The molecule has 1 saturated heterocycles. The van der Waals surface area contributed by atoms with Gasteiger partial charge in [-0.3, -0.25) is 4.79 Å². The molecule has 0 saturated carbocycles. The van der Waals surface area contributed by atoms with Crippen molar-refractivity contribution in [2.75, 3.05) is 31.6 Å². The minimum atomic E-state index is -0.869. The fourth-order valence-corrected chi connectivity index (χ4v) is 5.00. The minimum absolute atomic E-state index is 0.150. The van der Waals surface area contributed by atoms with E-state index in [1.165, 1.54) is 30.6 Å². The summed E-state index contributed by atoms with van der Waals surface area (Å²) in [6.45, 7) is 1.94. The Hall–Kier alpha value is -2.58. The van der Waals surface area contributed by atoms with E-state index in [0.29, 0.717) is 45.8 Å². The van der Waals surface area contributed by atoms with Crippen molar-refractivity contribution >= 4 is 33.0 Å². The largest absolute Gasteiger partial charge is 0.380 e. The number of benzene rings is 2. The molecule has 1 aromatic heterocycles. The van der Waals surface area contributed by atoms with Gasteiger partial charge in [0.1, 0.15) is 5.82 Å². The van der Waals surface area contributed by atoms with Crippen LogP contribution in [0.3, 0.4) is 0 Å². The summed E-state index contributed by atoms with van der Waals surface area (Å²) in [5.74, 6) is -2.18. The van der Waals surface area contributed by atoms with Crippen LogP contribution in [0, 0.1) is 23.4 Å². The Morgan fingerprint density at radius 3 is 2.80 bits per heavy atom. The van der Waals surface area contributed by atoms with Gasteiger partial charge < -0.3 is 15.0 Å². The van der Waals surface area contributed by atoms with E-state index in [2.05, 4.69) is 5.32 Å². The molecule has 1 aliphatic heterocycles. The normalized spacial score (nSPS) is 16.4. The van der Waals surface area contributed by atoms with Crippen LogP contribution in [0.1, 0.15) is 21.7 Å². The summed E-state index contributed by atoms with van der Waals surface area (Å²) >= 11 is 1.25. The van der Waals surface area contributed by atoms with Crippen LogP contribution in [-0.4, -0.2) is 32.7 Å². The fourth-order valence-electron chi connectivity index (χ4n) is 3.87. The highest BCUT2D eigenvalue weighted by atomic mass is 32.1. The van der Waals surface area contributed by atoms with Crippen LogP contribution >= 0.6 is 11.3 Å². The Labute approximate surface area is 176 Å². The first-order valence-electron chi connectivity index (χ1n) is 9.65. The lowest BCUT2D eigenvalue weighted by Crippen LogP contribution is -2.31. The van der Waals surface area contributed by atoms with Crippen molar-refractivity contribution in [2.45, 2.75) is 13.0 Å². The Kier molecular flexibility index (Phi) is 5.97. The molecule has 0 radical (unpaired) electrons. The topological polar surface area (TPSA) is 41.6 Å². The highest BCUT2D eigenvalue weighted by Gasteiger charge is 2.25. The monoisotopic (exact) mass is 434 g/mol. The first kappa shape index (κ1) is 20.7. The number of rotatable bonds is 6. The van der Waals surface area contributed by atoms with Crippen LogP contribution in [0.4, 0.5) is 18.9 Å². The van der Waals surface area contributed by atoms with Gasteiger partial charge in [-0.2, -0.15) is 0 Å². The lowest BCUT2D eigenvalue weighted by molar-refractivity contribution is 0.0948. The van der Waals surface area contributed by atoms with Gasteiger partial charge in [-0.1, -0.05) is 6.07 Å². The molecule has 2 heterocycles. The lowest BCUT2D eigenvalue weighted by Gasteiger charge is -2.19. The van der Waals surface area contributed by atoms with Crippen molar-refractivity contribution in [3.8, 4) is 0 Å². The van der Waals surface area contributed by atoms with Crippen LogP contribution in [0.25, 0.3) is 10.1 Å². The molecular formula is C22H21F3N2O2S. The number of nitrogens with one attached hydrogen (secondary N) is 1. The molecule has 1 unspecified atom stereocenters. The predicted molar refractivity (Wildman–Crippen MR) is 112 cm³/mol. The fraction of sp³-hybridized carbons (Fsp3) is 0.318. The highest BCUT2D eigenvalue weighted by molar-refractivity contribution is 7.21. The maximum atomic E-state index is 14.3. The summed E-state index contributed by atoms with van der Waals surface area (Å²) in [6.07, 6.45) is 0.825. The molecule has 3 aromatic rings. The van der Waals surface area contributed by atoms with Gasteiger partial charge in [-0.15, -0.1) is 11.3 Å². The summed E-state index contributed by atoms with van der Waals surface area (Å²) in [7, 11) is 1.51. The smallest absolute Gasteiger partial charge is 0.261 e. The van der Waals surface area contributed by atoms with Gasteiger partial charge in [-0.25, -0.2) is 13.2 Å². The number of carbonyl (C=O) groups is 1. The van der Waals surface area contributed by atoms with E-state index in [1.807, 2.05) is 4.90 Å². The molecule has 1 aliphatic rings. The molecule has 1 fully saturated rings. The van der Waals surface area contributed by atoms with Crippen molar-refractivity contribution in [3.63, 3.8) is 0 Å². The van der Waals surface area contributed by atoms with Gasteiger partial charge in [-0.05, 0) is 36.6 Å². The standard InChI is InChI=1S/C22H21F3N2O2S/c1-29-12-15-20-17(24)3-2-4-19(20)30-21(15)22(28)26-10-13-7-8-27(11-13)14-5-6-16(23)18(25)9-14/h2-6,9,13H,7-8,10-12H2,1H3,(H,26,28). The van der Waals surface area contributed by atoms with Gasteiger partial charge in [0, 0.05) is 54.1 Å². The number of halogens is 3. The van der Waals surface area contributed by atoms with Gasteiger partial charge in [0.05, 0.1) is 11.5 Å². The summed E-state index contributed by atoms with van der Waals surface area (Å²) in [5.41, 5.74) is 1.19. The number of amides is 1. The van der Waals surface area contributed by atoms with Crippen LogP contribution in [0.15, 0.2) is 36.4 Å². The maximum absolute atomic E-state index is 14.3. The number of ether oxygens (including phenoxy) is 1. The SMILES string of the molecule is COCc1c(C(=O)NCC2CCN(c3ccc(F)c(F)c3)C2)sc2cccc(F)c12. The number of anilines is 1. The average molecular weight is 434 g/mol. The highest BCUT2D eigenvalue weighted by Crippen LogP contribution is 2.34. The third kappa shape index (κ3) is 4.02. The molecule has 0 spiro atoms. The summed E-state index contributed by atoms with van der Waals surface area (Å²) in [5, 5.41) is 3.38. The molecule has 30 heavy (non-hydrogen) atoms. The number of hydrogen-bond acceptors (Lipinski definition) is 4. The van der Waals surface area contributed by atoms with Gasteiger partial charge in [0.25, 0.3) is 5.91 Å². The number of hydrogen-bond donors (Lipinski definition) is 1. The average Bonchev–Trinajstić information content (AvgIpc) is 3.34. The Balaban J connectivity index is 1.43. The molecule has 0 aliphatic carbocycles. The number of methoxy groups -OCH3 is 1. The minimum Gasteiger partial charge on any atom is -0.380 e. The molecule has 8 heteroatoms. The second kappa shape index (κ2) is 8.65. The van der Waals surface area contributed by atoms with E-state index >= 15 is 0 Å². The maximum Gasteiger partial charge on any atom is 0.261 e. The van der Waals surface area contributed by atoms with E-state index in [9.17, 15) is 18.0 Å². The van der Waals surface area contributed by atoms with Crippen molar-refractivity contribution in [2.24, 2.45) is 5.92 Å². The number of thiophene rings is 1. The second-order valence-corrected chi connectivity index (χ2v) is 8.42. The van der Waals surface area contributed by atoms with E-state index in [4.69, 9.17) is 4.74 Å². The van der Waals surface area contributed by atoms with Crippen LogP contribution < -0.4 is 10.2 Å². The molecule has 1 N–H and O–H groups in total. The van der Waals surface area contributed by atoms with Crippen LogP contribution in [-0.2, 0) is 11.3 Å². The van der Waals surface area contributed by atoms with Crippen LogP contribution in [0.5, 0.6) is 0 Å². The van der Waals surface area contributed by atoms with Crippen molar-refractivity contribution in [1.82, 2.24) is 5.32 Å². The number of fused-ring (bicyclic) bond motifs is 1. The molecule has 4 rings (SSSR count).